The van der Waals surface area contributed by atoms with Crippen molar-refractivity contribution in [3.8, 4) is 0 Å². The van der Waals surface area contributed by atoms with Crippen LogP contribution in [0.25, 0.3) is 0 Å². The Balaban J connectivity index is 1.88. The highest BCUT2D eigenvalue weighted by Gasteiger charge is 2.25. The molecule has 138 valence electrons. The molecule has 0 aliphatic carbocycles. The van der Waals surface area contributed by atoms with E-state index in [1.807, 2.05) is 0 Å². The van der Waals surface area contributed by atoms with Crippen molar-refractivity contribution in [1.29, 1.82) is 0 Å². The summed E-state index contributed by atoms with van der Waals surface area (Å²) in [5.41, 5.74) is 2.22. The van der Waals surface area contributed by atoms with Gasteiger partial charge in [0.2, 0.25) is 5.91 Å². The summed E-state index contributed by atoms with van der Waals surface area (Å²) in [7, 11) is -2.11. The Morgan fingerprint density at radius 1 is 1.19 bits per heavy atom. The zero-order chi connectivity index (χ0) is 18.7. The number of fused-ring (bicyclic) bond motifs is 1. The topological polar surface area (TPSA) is 75.7 Å². The van der Waals surface area contributed by atoms with Crippen LogP contribution in [0.3, 0.4) is 0 Å². The van der Waals surface area contributed by atoms with Crippen molar-refractivity contribution in [3.05, 3.63) is 52.5 Å². The van der Waals surface area contributed by atoms with Gasteiger partial charge in [0, 0.05) is 35.9 Å². The molecule has 1 heterocycles. The van der Waals surface area contributed by atoms with Crippen molar-refractivity contribution in [1.82, 2.24) is 0 Å². The number of halogens is 1. The summed E-state index contributed by atoms with van der Waals surface area (Å²) in [5, 5.41) is 0. The second kappa shape index (κ2) is 7.77. The number of hydrogen-bond acceptors (Lipinski definition) is 4. The normalized spacial score (nSPS) is 14.2. The van der Waals surface area contributed by atoms with Gasteiger partial charge in [-0.3, -0.25) is 9.52 Å². The minimum absolute atomic E-state index is 0.0519. The second-order valence-corrected chi connectivity index (χ2v) is 8.42. The van der Waals surface area contributed by atoms with Gasteiger partial charge in [0.05, 0.1) is 6.61 Å². The van der Waals surface area contributed by atoms with Gasteiger partial charge in [0.15, 0.2) is 0 Å². The number of carbonyl (C=O) groups is 1. The third kappa shape index (κ3) is 3.92. The van der Waals surface area contributed by atoms with E-state index in [9.17, 15) is 13.2 Å². The maximum atomic E-state index is 12.6. The van der Waals surface area contributed by atoms with Crippen LogP contribution in [-0.2, 0) is 26.0 Å². The van der Waals surface area contributed by atoms with Crippen molar-refractivity contribution >= 4 is 43.2 Å². The molecule has 0 saturated heterocycles. The van der Waals surface area contributed by atoms with Gasteiger partial charge in [0.25, 0.3) is 10.0 Å². The van der Waals surface area contributed by atoms with Gasteiger partial charge in [-0.05, 0) is 58.2 Å². The number of rotatable bonds is 6. The zero-order valence-corrected chi connectivity index (χ0v) is 16.6. The van der Waals surface area contributed by atoms with E-state index in [-0.39, 0.29) is 10.8 Å². The molecule has 0 fully saturated rings. The zero-order valence-electron chi connectivity index (χ0n) is 14.2. The second-order valence-electron chi connectivity index (χ2n) is 5.92. The molecule has 0 aromatic heterocycles. The van der Waals surface area contributed by atoms with E-state index in [2.05, 4.69) is 20.7 Å². The lowest BCUT2D eigenvalue weighted by Crippen LogP contribution is -2.37. The molecule has 0 saturated carbocycles. The molecule has 1 aliphatic rings. The highest BCUT2D eigenvalue weighted by Crippen LogP contribution is 2.31. The van der Waals surface area contributed by atoms with Crippen LogP contribution in [0, 0.1) is 0 Å². The molecule has 0 spiro atoms. The molecule has 1 aliphatic heterocycles. The summed E-state index contributed by atoms with van der Waals surface area (Å²) in [6.07, 6.45) is 0.986. The molecule has 2 aromatic rings. The highest BCUT2D eigenvalue weighted by molar-refractivity contribution is 9.10. The van der Waals surface area contributed by atoms with Gasteiger partial charge in [-0.15, -0.1) is 0 Å². The SMILES string of the molecule is COCCN1C(=O)CCc2cc(NS(=O)(=O)c3ccccc3Br)ccc21. The number of amides is 1. The monoisotopic (exact) mass is 438 g/mol. The predicted molar refractivity (Wildman–Crippen MR) is 104 cm³/mol. The third-order valence-corrected chi connectivity index (χ3v) is 6.57. The van der Waals surface area contributed by atoms with E-state index in [1.54, 1.807) is 48.4 Å². The average Bonchev–Trinajstić information content (AvgIpc) is 2.61. The summed E-state index contributed by atoms with van der Waals surface area (Å²) in [6, 6.07) is 11.9. The van der Waals surface area contributed by atoms with Crippen LogP contribution in [0.4, 0.5) is 11.4 Å². The first-order valence-electron chi connectivity index (χ1n) is 8.12. The number of methoxy groups -OCH3 is 1. The minimum Gasteiger partial charge on any atom is -0.383 e. The average molecular weight is 439 g/mol. The molecule has 0 bridgehead atoms. The molecule has 26 heavy (non-hydrogen) atoms. The molecule has 8 heteroatoms. The maximum absolute atomic E-state index is 12.6. The number of anilines is 2. The Hall–Kier alpha value is -1.90. The first-order valence-corrected chi connectivity index (χ1v) is 10.4. The Labute approximate surface area is 161 Å². The number of sulfonamides is 1. The van der Waals surface area contributed by atoms with E-state index < -0.39 is 10.0 Å². The lowest BCUT2D eigenvalue weighted by Gasteiger charge is -2.29. The lowest BCUT2D eigenvalue weighted by atomic mass is 10.0. The number of hydrogen-bond donors (Lipinski definition) is 1. The van der Waals surface area contributed by atoms with Crippen molar-refractivity contribution in [2.45, 2.75) is 17.7 Å². The number of benzene rings is 2. The minimum atomic E-state index is -3.71. The summed E-state index contributed by atoms with van der Waals surface area (Å²) >= 11 is 3.27. The first kappa shape index (κ1) is 18.9. The van der Waals surface area contributed by atoms with E-state index in [0.717, 1.165) is 11.3 Å². The Kier molecular flexibility index (Phi) is 5.64. The maximum Gasteiger partial charge on any atom is 0.263 e. The van der Waals surface area contributed by atoms with Crippen LogP contribution < -0.4 is 9.62 Å². The molecular formula is C18H19BrN2O4S. The Morgan fingerprint density at radius 2 is 1.96 bits per heavy atom. The van der Waals surface area contributed by atoms with Gasteiger partial charge in [-0.25, -0.2) is 8.42 Å². The third-order valence-electron chi connectivity index (χ3n) is 4.18. The van der Waals surface area contributed by atoms with Crippen LogP contribution >= 0.6 is 15.9 Å². The largest absolute Gasteiger partial charge is 0.383 e. The summed E-state index contributed by atoms with van der Waals surface area (Å²) in [5.74, 6) is 0.0519. The molecule has 1 N–H and O–H groups in total. The van der Waals surface area contributed by atoms with Crippen LogP contribution in [0.5, 0.6) is 0 Å². The molecular weight excluding hydrogens is 420 g/mol. The summed E-state index contributed by atoms with van der Waals surface area (Å²) in [6.45, 7) is 0.923. The van der Waals surface area contributed by atoms with E-state index in [1.165, 1.54) is 6.07 Å². The van der Waals surface area contributed by atoms with Crippen LogP contribution in [-0.4, -0.2) is 34.6 Å². The summed E-state index contributed by atoms with van der Waals surface area (Å²) in [4.78, 5) is 14.0. The first-order chi connectivity index (χ1) is 12.4. The van der Waals surface area contributed by atoms with Crippen molar-refractivity contribution in [2.24, 2.45) is 0 Å². The van der Waals surface area contributed by atoms with Crippen LogP contribution in [0.2, 0.25) is 0 Å². The molecule has 3 rings (SSSR count). The van der Waals surface area contributed by atoms with Gasteiger partial charge < -0.3 is 9.64 Å². The lowest BCUT2D eigenvalue weighted by molar-refractivity contribution is -0.119. The Morgan fingerprint density at radius 3 is 2.69 bits per heavy atom. The fourth-order valence-electron chi connectivity index (χ4n) is 2.92. The van der Waals surface area contributed by atoms with Crippen molar-refractivity contribution in [2.75, 3.05) is 29.9 Å². The van der Waals surface area contributed by atoms with E-state index in [4.69, 9.17) is 4.74 Å². The van der Waals surface area contributed by atoms with Crippen LogP contribution in [0.15, 0.2) is 51.8 Å². The number of nitrogens with zero attached hydrogens (tertiary/aromatic N) is 1. The van der Waals surface area contributed by atoms with Crippen molar-refractivity contribution in [3.63, 3.8) is 0 Å². The van der Waals surface area contributed by atoms with E-state index >= 15 is 0 Å². The fraction of sp³-hybridized carbons (Fsp3) is 0.278. The fourth-order valence-corrected chi connectivity index (χ4v) is 4.98. The highest BCUT2D eigenvalue weighted by atomic mass is 79.9. The van der Waals surface area contributed by atoms with Gasteiger partial charge >= 0.3 is 0 Å². The Bertz CT molecular complexity index is 931. The molecule has 6 nitrogen and oxygen atoms in total. The molecule has 0 atom stereocenters. The van der Waals surface area contributed by atoms with E-state index in [0.29, 0.717) is 36.2 Å². The smallest absolute Gasteiger partial charge is 0.263 e. The molecule has 0 radical (unpaired) electrons. The molecule has 2 aromatic carbocycles. The number of ether oxygens (including phenoxy) is 1. The van der Waals surface area contributed by atoms with Gasteiger partial charge in [0.1, 0.15) is 4.90 Å². The standard InChI is InChI=1S/C18H19BrN2O4S/c1-25-11-10-21-16-8-7-14(12-13(16)6-9-18(21)22)20-26(23,24)17-5-3-2-4-15(17)19/h2-5,7-8,12,20H,6,9-11H2,1H3. The van der Waals surface area contributed by atoms with Crippen molar-refractivity contribution < 1.29 is 17.9 Å². The quantitative estimate of drug-likeness (QED) is 0.751. The summed E-state index contributed by atoms with van der Waals surface area (Å²) < 4.78 is 33.4. The predicted octanol–water partition coefficient (Wildman–Crippen LogP) is 3.18. The molecule has 0 unspecified atom stereocenters. The number of nitrogens with one attached hydrogen (secondary N) is 1. The number of carbonyl (C=O) groups excluding carboxylic acids is 1. The number of aryl methyl sites for hydroxylation is 1. The van der Waals surface area contributed by atoms with Crippen LogP contribution in [0.1, 0.15) is 12.0 Å². The molecule has 1 amide bonds. The van der Waals surface area contributed by atoms with Gasteiger partial charge in [-0.1, -0.05) is 12.1 Å². The van der Waals surface area contributed by atoms with Gasteiger partial charge in [-0.2, -0.15) is 0 Å².